The van der Waals surface area contributed by atoms with Crippen molar-refractivity contribution < 1.29 is 9.53 Å². The number of rotatable bonds is 6. The van der Waals surface area contributed by atoms with Crippen LogP contribution in [0.2, 0.25) is 0 Å². The van der Waals surface area contributed by atoms with Gasteiger partial charge >= 0.3 is 0 Å². The predicted octanol–water partition coefficient (Wildman–Crippen LogP) is 6.75. The van der Waals surface area contributed by atoms with Crippen LogP contribution in [0.1, 0.15) is 95.1 Å². The molecule has 2 saturated carbocycles. The zero-order valence-corrected chi connectivity index (χ0v) is 19.4. The van der Waals surface area contributed by atoms with Crippen molar-refractivity contribution in [2.24, 2.45) is 0 Å². The van der Waals surface area contributed by atoms with E-state index >= 15 is 0 Å². The maximum Gasteiger partial charge on any atom is 0.261 e. The monoisotopic (exact) mass is 449 g/mol. The van der Waals surface area contributed by atoms with Gasteiger partial charge in [-0.25, -0.2) is 0 Å². The molecule has 1 aromatic rings. The molecule has 2 aliphatic carbocycles. The zero-order valence-electron chi connectivity index (χ0n) is 17.8. The van der Waals surface area contributed by atoms with E-state index in [0.29, 0.717) is 18.0 Å². The van der Waals surface area contributed by atoms with Gasteiger partial charge in [0.1, 0.15) is 5.75 Å². The van der Waals surface area contributed by atoms with Crippen LogP contribution >= 0.6 is 15.9 Å². The van der Waals surface area contributed by atoms with E-state index in [1.165, 1.54) is 38.5 Å². The van der Waals surface area contributed by atoms with Crippen molar-refractivity contribution in [3.05, 3.63) is 27.7 Å². The quantitative estimate of drug-likeness (QED) is 0.480. The van der Waals surface area contributed by atoms with Gasteiger partial charge in [-0.1, -0.05) is 68.3 Å². The Morgan fingerprint density at radius 2 is 1.57 bits per heavy atom. The SMILES string of the molecule is Cc1cc(OCC(=O)N(C2CCCCC2)C2CCCCC2)c(C(C)C)cc1Br. The van der Waals surface area contributed by atoms with E-state index in [0.717, 1.165) is 47.0 Å². The summed E-state index contributed by atoms with van der Waals surface area (Å²) in [5.74, 6) is 1.40. The summed E-state index contributed by atoms with van der Waals surface area (Å²) in [6, 6.07) is 5.05. The van der Waals surface area contributed by atoms with Crippen LogP contribution in [0.4, 0.5) is 0 Å². The second kappa shape index (κ2) is 10.1. The van der Waals surface area contributed by atoms with E-state index in [9.17, 15) is 4.79 Å². The Morgan fingerprint density at radius 1 is 1.04 bits per heavy atom. The maximum atomic E-state index is 13.3. The smallest absolute Gasteiger partial charge is 0.261 e. The number of carbonyl (C=O) groups is 1. The highest BCUT2D eigenvalue weighted by Gasteiger charge is 2.32. The first kappa shape index (κ1) is 21.7. The molecule has 3 nitrogen and oxygen atoms in total. The van der Waals surface area contributed by atoms with E-state index < -0.39 is 0 Å². The molecule has 0 heterocycles. The molecule has 0 radical (unpaired) electrons. The highest BCUT2D eigenvalue weighted by atomic mass is 79.9. The number of benzene rings is 1. The lowest BCUT2D eigenvalue weighted by molar-refractivity contribution is -0.140. The number of hydrogen-bond donors (Lipinski definition) is 0. The second-order valence-corrected chi connectivity index (χ2v) is 9.82. The van der Waals surface area contributed by atoms with E-state index in [4.69, 9.17) is 4.74 Å². The maximum absolute atomic E-state index is 13.3. The van der Waals surface area contributed by atoms with Crippen LogP contribution in [-0.4, -0.2) is 29.5 Å². The van der Waals surface area contributed by atoms with Crippen LogP contribution in [0.3, 0.4) is 0 Å². The van der Waals surface area contributed by atoms with Gasteiger partial charge < -0.3 is 9.64 Å². The molecule has 0 bridgehead atoms. The summed E-state index contributed by atoms with van der Waals surface area (Å²) >= 11 is 3.63. The van der Waals surface area contributed by atoms with Crippen molar-refractivity contribution in [1.29, 1.82) is 0 Å². The Kier molecular flexibility index (Phi) is 7.85. The average molecular weight is 450 g/mol. The number of ether oxygens (including phenoxy) is 1. The normalized spacial score (nSPS) is 19.0. The van der Waals surface area contributed by atoms with E-state index in [1.54, 1.807) is 0 Å². The van der Waals surface area contributed by atoms with Crippen molar-refractivity contribution in [2.75, 3.05) is 6.61 Å². The summed E-state index contributed by atoms with van der Waals surface area (Å²) in [7, 11) is 0. The molecule has 28 heavy (non-hydrogen) atoms. The fraction of sp³-hybridized carbons (Fsp3) is 0.708. The summed E-state index contributed by atoms with van der Waals surface area (Å²) in [6.07, 6.45) is 12.3. The molecule has 0 aliphatic heterocycles. The van der Waals surface area contributed by atoms with Crippen molar-refractivity contribution in [3.63, 3.8) is 0 Å². The fourth-order valence-electron chi connectivity index (χ4n) is 4.88. The van der Waals surface area contributed by atoms with Gasteiger partial charge in [-0.2, -0.15) is 0 Å². The summed E-state index contributed by atoms with van der Waals surface area (Å²) in [5, 5.41) is 0. The lowest BCUT2D eigenvalue weighted by atomic mass is 9.88. The molecule has 0 aromatic heterocycles. The van der Waals surface area contributed by atoms with Gasteiger partial charge in [0.2, 0.25) is 0 Å². The van der Waals surface area contributed by atoms with Crippen LogP contribution < -0.4 is 4.74 Å². The Balaban J connectivity index is 1.74. The third-order valence-electron chi connectivity index (χ3n) is 6.49. The molecule has 0 N–H and O–H groups in total. The van der Waals surface area contributed by atoms with Crippen LogP contribution in [0.25, 0.3) is 0 Å². The van der Waals surface area contributed by atoms with Gasteiger partial charge in [0.05, 0.1) is 0 Å². The number of hydrogen-bond acceptors (Lipinski definition) is 2. The van der Waals surface area contributed by atoms with Crippen LogP contribution in [0, 0.1) is 6.92 Å². The Labute approximate surface area is 179 Å². The molecule has 2 aliphatic rings. The van der Waals surface area contributed by atoms with E-state index in [2.05, 4.69) is 53.7 Å². The summed E-state index contributed by atoms with van der Waals surface area (Å²) in [5.41, 5.74) is 2.30. The first-order valence-corrected chi connectivity index (χ1v) is 12.0. The molecule has 2 fully saturated rings. The minimum absolute atomic E-state index is 0.161. The molecule has 0 saturated heterocycles. The molecule has 4 heteroatoms. The number of nitrogens with zero attached hydrogens (tertiary/aromatic N) is 1. The molecule has 1 aromatic carbocycles. The van der Waals surface area contributed by atoms with E-state index in [1.807, 2.05) is 0 Å². The molecule has 0 unspecified atom stereocenters. The average Bonchev–Trinajstić information content (AvgIpc) is 2.70. The Hall–Kier alpha value is -1.03. The highest BCUT2D eigenvalue weighted by molar-refractivity contribution is 9.10. The largest absolute Gasteiger partial charge is 0.483 e. The second-order valence-electron chi connectivity index (χ2n) is 8.97. The fourth-order valence-corrected chi connectivity index (χ4v) is 5.25. The minimum Gasteiger partial charge on any atom is -0.483 e. The first-order chi connectivity index (χ1) is 13.5. The summed E-state index contributed by atoms with van der Waals surface area (Å²) in [6.45, 7) is 6.57. The van der Waals surface area contributed by atoms with Gasteiger partial charge in [0, 0.05) is 16.6 Å². The Bertz CT molecular complexity index is 643. The molecular formula is C24H36BrNO2. The molecular weight excluding hydrogens is 414 g/mol. The molecule has 156 valence electrons. The third-order valence-corrected chi connectivity index (χ3v) is 7.34. The zero-order chi connectivity index (χ0) is 20.1. The number of aryl methyl sites for hydroxylation is 1. The van der Waals surface area contributed by atoms with Crippen LogP contribution in [0.15, 0.2) is 16.6 Å². The predicted molar refractivity (Wildman–Crippen MR) is 119 cm³/mol. The number of carbonyl (C=O) groups excluding carboxylic acids is 1. The summed E-state index contributed by atoms with van der Waals surface area (Å²) < 4.78 is 7.24. The Morgan fingerprint density at radius 3 is 2.07 bits per heavy atom. The topological polar surface area (TPSA) is 29.5 Å². The first-order valence-electron chi connectivity index (χ1n) is 11.2. The van der Waals surface area contributed by atoms with Crippen molar-refractivity contribution in [1.82, 2.24) is 4.90 Å². The van der Waals surface area contributed by atoms with Gasteiger partial charge in [-0.15, -0.1) is 0 Å². The van der Waals surface area contributed by atoms with Gasteiger partial charge in [-0.3, -0.25) is 4.79 Å². The number of amides is 1. The molecule has 0 atom stereocenters. The van der Waals surface area contributed by atoms with Crippen molar-refractivity contribution >= 4 is 21.8 Å². The van der Waals surface area contributed by atoms with Crippen molar-refractivity contribution in [2.45, 2.75) is 103 Å². The standard InChI is InChI=1S/C24H36BrNO2/c1-17(2)21-15-22(25)18(3)14-23(21)28-16-24(27)26(19-10-6-4-7-11-19)20-12-8-5-9-13-20/h14-15,17,19-20H,4-13,16H2,1-3H3. The minimum atomic E-state index is 0.161. The van der Waals surface area contributed by atoms with Gasteiger partial charge in [0.15, 0.2) is 6.61 Å². The van der Waals surface area contributed by atoms with Crippen LogP contribution in [-0.2, 0) is 4.79 Å². The lowest BCUT2D eigenvalue weighted by Gasteiger charge is -2.41. The summed E-state index contributed by atoms with van der Waals surface area (Å²) in [4.78, 5) is 15.6. The third kappa shape index (κ3) is 5.31. The van der Waals surface area contributed by atoms with Gasteiger partial charge in [-0.05, 0) is 61.8 Å². The van der Waals surface area contributed by atoms with Gasteiger partial charge in [0.25, 0.3) is 5.91 Å². The van der Waals surface area contributed by atoms with Crippen molar-refractivity contribution in [3.8, 4) is 5.75 Å². The van der Waals surface area contributed by atoms with Crippen LogP contribution in [0.5, 0.6) is 5.75 Å². The highest BCUT2D eigenvalue weighted by Crippen LogP contribution is 2.33. The van der Waals surface area contributed by atoms with E-state index in [-0.39, 0.29) is 12.5 Å². The molecule has 0 spiro atoms. The molecule has 3 rings (SSSR count). The molecule has 1 amide bonds. The number of halogens is 1. The lowest BCUT2D eigenvalue weighted by Crippen LogP contribution is -2.50.